The van der Waals surface area contributed by atoms with Gasteiger partial charge in [-0.2, -0.15) is 0 Å². The van der Waals surface area contributed by atoms with E-state index in [4.69, 9.17) is 25.9 Å². The highest BCUT2D eigenvalue weighted by Crippen LogP contribution is 2.27. The van der Waals surface area contributed by atoms with Crippen molar-refractivity contribution < 1.29 is 23.9 Å². The highest BCUT2D eigenvalue weighted by Gasteiger charge is 2.25. The average molecular weight is 519 g/mol. The fourth-order valence-electron chi connectivity index (χ4n) is 3.85. The molecule has 1 heterocycles. The predicted molar refractivity (Wildman–Crippen MR) is 139 cm³/mol. The topological polar surface area (TPSA) is 115 Å². The third kappa shape index (κ3) is 9.03. The molecule has 0 aliphatic heterocycles. The smallest absolute Gasteiger partial charge is 0.414 e. The van der Waals surface area contributed by atoms with Crippen molar-refractivity contribution in [2.75, 3.05) is 25.1 Å². The zero-order chi connectivity index (χ0) is 26.7. The van der Waals surface area contributed by atoms with Gasteiger partial charge in [-0.05, 0) is 63.9 Å². The zero-order valence-corrected chi connectivity index (χ0v) is 22.0. The van der Waals surface area contributed by atoms with E-state index < -0.39 is 11.7 Å². The van der Waals surface area contributed by atoms with Crippen LogP contribution < -0.4 is 15.4 Å². The molecule has 1 aliphatic carbocycles. The maximum atomic E-state index is 13.0. The molecule has 1 aromatic carbocycles. The molecule has 0 unspecified atom stereocenters. The summed E-state index contributed by atoms with van der Waals surface area (Å²) in [6.45, 7) is 5.89. The van der Waals surface area contributed by atoms with Crippen molar-refractivity contribution in [2.24, 2.45) is 5.73 Å². The molecule has 0 saturated heterocycles. The molecule has 3 amide bonds. The number of aromatic nitrogens is 1. The number of amides is 3. The van der Waals surface area contributed by atoms with Crippen molar-refractivity contribution in [3.8, 4) is 5.75 Å². The van der Waals surface area contributed by atoms with Crippen LogP contribution in [-0.2, 0) is 9.53 Å². The van der Waals surface area contributed by atoms with E-state index in [0.717, 1.165) is 25.7 Å². The standard InChI is InChI=1S/C25H32ClN3O4.CH3NO/c1-25(2,3)33-24(31)29(21-9-11-27-12-10-21)13-14-32-22-16-18(15-19(26)17-22)23(30)28(4)20-7-5-6-8-20;2-1-3/h9-12,15-17,20H,5-8,13-14H2,1-4H3;1H,(H2,2,3). The maximum Gasteiger partial charge on any atom is 0.414 e. The molecule has 0 radical (unpaired) electrons. The molecular formula is C26H35ClN4O5. The number of primary amides is 1. The van der Waals surface area contributed by atoms with Gasteiger partial charge in [-0.15, -0.1) is 0 Å². The van der Waals surface area contributed by atoms with Crippen molar-refractivity contribution in [3.05, 3.63) is 53.3 Å². The Morgan fingerprint density at radius 3 is 2.36 bits per heavy atom. The highest BCUT2D eigenvalue weighted by molar-refractivity contribution is 6.31. The van der Waals surface area contributed by atoms with E-state index >= 15 is 0 Å². The summed E-state index contributed by atoms with van der Waals surface area (Å²) in [6, 6.07) is 8.76. The Balaban J connectivity index is 0.00000145. The Bertz CT molecular complexity index is 1010. The second kappa shape index (κ2) is 13.7. The zero-order valence-electron chi connectivity index (χ0n) is 21.3. The Morgan fingerprint density at radius 2 is 1.78 bits per heavy atom. The number of nitrogens with zero attached hydrogens (tertiary/aromatic N) is 3. The van der Waals surface area contributed by atoms with Crippen LogP contribution in [0.4, 0.5) is 10.5 Å². The van der Waals surface area contributed by atoms with E-state index in [1.165, 1.54) is 4.90 Å². The van der Waals surface area contributed by atoms with E-state index in [1.54, 1.807) is 47.6 Å². The third-order valence-corrected chi connectivity index (χ3v) is 5.70. The van der Waals surface area contributed by atoms with Gasteiger partial charge in [0, 0.05) is 36.1 Å². The monoisotopic (exact) mass is 518 g/mol. The second-order valence-electron chi connectivity index (χ2n) is 9.35. The molecule has 3 rings (SSSR count). The van der Waals surface area contributed by atoms with Crippen LogP contribution in [0.5, 0.6) is 5.75 Å². The molecule has 1 saturated carbocycles. The summed E-state index contributed by atoms with van der Waals surface area (Å²) in [4.78, 5) is 41.6. The fraction of sp³-hybridized carbons (Fsp3) is 0.462. The van der Waals surface area contributed by atoms with Crippen LogP contribution in [0, 0.1) is 0 Å². The molecule has 0 atom stereocenters. The lowest BCUT2D eigenvalue weighted by molar-refractivity contribution is -0.106. The van der Waals surface area contributed by atoms with Crippen molar-refractivity contribution >= 4 is 35.7 Å². The van der Waals surface area contributed by atoms with Crippen LogP contribution >= 0.6 is 11.6 Å². The largest absolute Gasteiger partial charge is 0.492 e. The number of benzene rings is 1. The van der Waals surface area contributed by atoms with Gasteiger partial charge in [0.1, 0.15) is 18.0 Å². The van der Waals surface area contributed by atoms with Gasteiger partial charge >= 0.3 is 6.09 Å². The number of hydrogen-bond acceptors (Lipinski definition) is 6. The molecule has 1 fully saturated rings. The van der Waals surface area contributed by atoms with Crippen molar-refractivity contribution in [1.82, 2.24) is 9.88 Å². The number of hydrogen-bond donors (Lipinski definition) is 1. The molecule has 10 heteroatoms. The van der Waals surface area contributed by atoms with Gasteiger partial charge < -0.3 is 20.1 Å². The lowest BCUT2D eigenvalue weighted by Gasteiger charge is -2.27. The lowest BCUT2D eigenvalue weighted by Crippen LogP contribution is -2.39. The second-order valence-corrected chi connectivity index (χ2v) is 9.79. The number of nitrogens with two attached hydrogens (primary N) is 1. The molecule has 9 nitrogen and oxygen atoms in total. The van der Waals surface area contributed by atoms with E-state index in [1.807, 2.05) is 27.8 Å². The van der Waals surface area contributed by atoms with E-state index in [0.29, 0.717) is 22.0 Å². The molecule has 0 bridgehead atoms. The summed E-state index contributed by atoms with van der Waals surface area (Å²) in [7, 11) is 1.84. The SMILES string of the molecule is CN(C(=O)c1cc(Cl)cc(OCCN(C(=O)OC(C)(C)C)c2ccncc2)c1)C1CCCC1.NC=O. The van der Waals surface area contributed by atoms with E-state index in [-0.39, 0.29) is 31.5 Å². The number of pyridine rings is 1. The summed E-state index contributed by atoms with van der Waals surface area (Å²) in [5.74, 6) is 0.408. The normalized spacial score (nSPS) is 13.2. The van der Waals surface area contributed by atoms with Crippen LogP contribution in [-0.4, -0.2) is 60.1 Å². The van der Waals surface area contributed by atoms with Crippen molar-refractivity contribution in [3.63, 3.8) is 0 Å². The first-order valence-corrected chi connectivity index (χ1v) is 12.2. The van der Waals surface area contributed by atoms with E-state index in [9.17, 15) is 9.59 Å². The summed E-state index contributed by atoms with van der Waals surface area (Å²) in [5.41, 5.74) is 4.68. The molecule has 0 spiro atoms. The lowest BCUT2D eigenvalue weighted by atomic mass is 10.1. The van der Waals surface area contributed by atoms with Gasteiger partial charge in [-0.3, -0.25) is 19.5 Å². The molecule has 2 aromatic rings. The van der Waals surface area contributed by atoms with Crippen LogP contribution in [0.1, 0.15) is 56.8 Å². The van der Waals surface area contributed by atoms with Crippen LogP contribution in [0.3, 0.4) is 0 Å². The summed E-state index contributed by atoms with van der Waals surface area (Å²) < 4.78 is 11.4. The molecule has 36 heavy (non-hydrogen) atoms. The Hall–Kier alpha value is -3.33. The number of rotatable bonds is 7. The van der Waals surface area contributed by atoms with E-state index in [2.05, 4.69) is 10.7 Å². The van der Waals surface area contributed by atoms with Crippen molar-refractivity contribution in [1.29, 1.82) is 0 Å². The molecule has 2 N–H and O–H groups in total. The molecular weight excluding hydrogens is 484 g/mol. The Morgan fingerprint density at radius 1 is 1.17 bits per heavy atom. The number of halogens is 1. The van der Waals surface area contributed by atoms with Gasteiger partial charge in [0.25, 0.3) is 5.91 Å². The first-order valence-electron chi connectivity index (χ1n) is 11.8. The van der Waals surface area contributed by atoms with Crippen LogP contribution in [0.25, 0.3) is 0 Å². The van der Waals surface area contributed by atoms with Gasteiger partial charge in [0.2, 0.25) is 6.41 Å². The summed E-state index contributed by atoms with van der Waals surface area (Å²) >= 11 is 6.28. The summed E-state index contributed by atoms with van der Waals surface area (Å²) in [6.07, 6.45) is 7.36. The van der Waals surface area contributed by atoms with Gasteiger partial charge in [0.05, 0.1) is 12.2 Å². The quantitative estimate of drug-likeness (QED) is 0.532. The number of carbonyl (C=O) groups excluding carboxylic acids is 3. The number of ether oxygens (including phenoxy) is 2. The fourth-order valence-corrected chi connectivity index (χ4v) is 4.08. The maximum absolute atomic E-state index is 13.0. The minimum atomic E-state index is -0.628. The third-order valence-electron chi connectivity index (χ3n) is 5.48. The Labute approximate surface area is 217 Å². The minimum absolute atomic E-state index is 0.0681. The van der Waals surface area contributed by atoms with Gasteiger partial charge in [0.15, 0.2) is 0 Å². The van der Waals surface area contributed by atoms with Gasteiger partial charge in [-0.25, -0.2) is 4.79 Å². The van der Waals surface area contributed by atoms with Crippen LogP contribution in [0.2, 0.25) is 5.02 Å². The molecule has 1 aliphatic rings. The van der Waals surface area contributed by atoms with Crippen molar-refractivity contribution in [2.45, 2.75) is 58.1 Å². The molecule has 1 aromatic heterocycles. The predicted octanol–water partition coefficient (Wildman–Crippen LogP) is 4.67. The van der Waals surface area contributed by atoms with Crippen LogP contribution in [0.15, 0.2) is 42.7 Å². The van der Waals surface area contributed by atoms with Gasteiger partial charge in [-0.1, -0.05) is 24.4 Å². The highest BCUT2D eigenvalue weighted by atomic mass is 35.5. The molecule has 196 valence electrons. The average Bonchev–Trinajstić information content (AvgIpc) is 3.35. The summed E-state index contributed by atoms with van der Waals surface area (Å²) in [5, 5.41) is 0.425. The minimum Gasteiger partial charge on any atom is -0.492 e. The first kappa shape index (κ1) is 28.9. The first-order chi connectivity index (χ1) is 17.1. The Kier molecular flexibility index (Phi) is 11.0. The number of anilines is 1. The number of carbonyl (C=O) groups is 3.